The van der Waals surface area contributed by atoms with Crippen molar-refractivity contribution in [2.75, 3.05) is 18.0 Å². The first-order valence-electron chi connectivity index (χ1n) is 6.60. The van der Waals surface area contributed by atoms with Gasteiger partial charge in [0.05, 0.1) is 6.42 Å². The SMILES string of the molecule is NCCC1CN(C2CC(=O)NC2=O)c2ccccc21. The van der Waals surface area contributed by atoms with E-state index in [-0.39, 0.29) is 24.3 Å². The average molecular weight is 259 g/mol. The lowest BCUT2D eigenvalue weighted by Gasteiger charge is -2.24. The highest BCUT2D eigenvalue weighted by atomic mass is 16.2. The number of nitrogens with one attached hydrogen (secondary N) is 1. The van der Waals surface area contributed by atoms with E-state index in [1.165, 1.54) is 5.56 Å². The number of hydrogen-bond acceptors (Lipinski definition) is 4. The number of amides is 2. The molecular formula is C14H17N3O2. The van der Waals surface area contributed by atoms with E-state index in [0.29, 0.717) is 12.5 Å². The van der Waals surface area contributed by atoms with Gasteiger partial charge in [-0.05, 0) is 24.6 Å². The van der Waals surface area contributed by atoms with Crippen LogP contribution >= 0.6 is 0 Å². The Hall–Kier alpha value is -1.88. The van der Waals surface area contributed by atoms with Crippen LogP contribution in [0.2, 0.25) is 0 Å². The van der Waals surface area contributed by atoms with E-state index >= 15 is 0 Å². The molecule has 1 aromatic rings. The van der Waals surface area contributed by atoms with Gasteiger partial charge in [-0.15, -0.1) is 0 Å². The normalized spacial score (nSPS) is 25.6. The summed E-state index contributed by atoms with van der Waals surface area (Å²) in [5.74, 6) is -0.0207. The van der Waals surface area contributed by atoms with Gasteiger partial charge in [0.2, 0.25) is 11.8 Å². The predicted octanol–water partition coefficient (Wildman–Crippen LogP) is 0.354. The molecule has 3 N–H and O–H groups in total. The smallest absolute Gasteiger partial charge is 0.249 e. The lowest BCUT2D eigenvalue weighted by Crippen LogP contribution is -2.40. The number of fused-ring (bicyclic) bond motifs is 1. The number of carbonyl (C=O) groups excluding carboxylic acids is 2. The minimum atomic E-state index is -0.364. The molecule has 0 radical (unpaired) electrons. The fourth-order valence-corrected chi connectivity index (χ4v) is 3.06. The van der Waals surface area contributed by atoms with E-state index in [0.717, 1.165) is 18.7 Å². The standard InChI is InChI=1S/C14H17N3O2/c15-6-5-9-8-17(11-4-2-1-3-10(9)11)12-7-13(18)16-14(12)19/h1-4,9,12H,5-8,15H2,(H,16,18,19). The van der Waals surface area contributed by atoms with E-state index in [4.69, 9.17) is 5.73 Å². The van der Waals surface area contributed by atoms with E-state index in [1.54, 1.807) is 0 Å². The molecule has 2 atom stereocenters. The third-order valence-corrected chi connectivity index (χ3v) is 3.94. The minimum Gasteiger partial charge on any atom is -0.358 e. The number of hydrogen-bond donors (Lipinski definition) is 2. The van der Waals surface area contributed by atoms with Crippen LogP contribution < -0.4 is 16.0 Å². The summed E-state index contributed by atoms with van der Waals surface area (Å²) in [7, 11) is 0. The first kappa shape index (κ1) is 12.2. The Morgan fingerprint density at radius 3 is 2.79 bits per heavy atom. The fraction of sp³-hybridized carbons (Fsp3) is 0.429. The van der Waals surface area contributed by atoms with Crippen LogP contribution in [0.4, 0.5) is 5.69 Å². The summed E-state index contributed by atoms with van der Waals surface area (Å²) in [4.78, 5) is 25.3. The van der Waals surface area contributed by atoms with Crippen LogP contribution in [0, 0.1) is 0 Å². The average Bonchev–Trinajstić information content (AvgIpc) is 2.91. The third kappa shape index (κ3) is 2.00. The van der Waals surface area contributed by atoms with Crippen LogP contribution in [-0.4, -0.2) is 30.9 Å². The molecule has 5 heteroatoms. The maximum atomic E-state index is 11.8. The summed E-state index contributed by atoms with van der Waals surface area (Å²) in [6.07, 6.45) is 1.15. The Bertz CT molecular complexity index is 529. The first-order chi connectivity index (χ1) is 9.20. The molecule has 0 aliphatic carbocycles. The molecule has 1 aromatic carbocycles. The van der Waals surface area contributed by atoms with Gasteiger partial charge >= 0.3 is 0 Å². The number of nitrogens with two attached hydrogens (primary N) is 1. The number of nitrogens with zero attached hydrogens (tertiary/aromatic N) is 1. The highest BCUT2D eigenvalue weighted by molar-refractivity contribution is 6.07. The predicted molar refractivity (Wildman–Crippen MR) is 71.8 cm³/mol. The molecule has 1 fully saturated rings. The van der Waals surface area contributed by atoms with Crippen LogP contribution in [0.5, 0.6) is 0 Å². The molecule has 2 heterocycles. The van der Waals surface area contributed by atoms with Crippen molar-refractivity contribution in [2.24, 2.45) is 5.73 Å². The lowest BCUT2D eigenvalue weighted by molar-refractivity contribution is -0.125. The second-order valence-electron chi connectivity index (χ2n) is 5.12. The molecule has 2 aliphatic heterocycles. The molecule has 2 aliphatic rings. The summed E-state index contributed by atoms with van der Waals surface area (Å²) >= 11 is 0. The summed E-state index contributed by atoms with van der Waals surface area (Å²) < 4.78 is 0. The molecule has 19 heavy (non-hydrogen) atoms. The molecule has 2 amide bonds. The molecule has 5 nitrogen and oxygen atoms in total. The van der Waals surface area contributed by atoms with Crippen molar-refractivity contribution in [2.45, 2.75) is 24.8 Å². The van der Waals surface area contributed by atoms with Crippen LogP contribution in [0.1, 0.15) is 24.3 Å². The quantitative estimate of drug-likeness (QED) is 0.768. The summed E-state index contributed by atoms with van der Waals surface area (Å²) in [6, 6.07) is 7.71. The Balaban J connectivity index is 1.92. The van der Waals surface area contributed by atoms with Gasteiger partial charge in [0.25, 0.3) is 0 Å². The minimum absolute atomic E-state index is 0.185. The number of carbonyl (C=O) groups is 2. The fourth-order valence-electron chi connectivity index (χ4n) is 3.06. The zero-order valence-corrected chi connectivity index (χ0v) is 10.6. The lowest BCUT2D eigenvalue weighted by atomic mass is 9.98. The van der Waals surface area contributed by atoms with Crippen LogP contribution in [0.15, 0.2) is 24.3 Å². The zero-order valence-electron chi connectivity index (χ0n) is 10.6. The number of benzene rings is 1. The maximum Gasteiger partial charge on any atom is 0.249 e. The van der Waals surface area contributed by atoms with E-state index < -0.39 is 0 Å². The summed E-state index contributed by atoms with van der Waals surface area (Å²) in [5.41, 5.74) is 7.96. The highest BCUT2D eigenvalue weighted by Gasteiger charge is 2.40. The van der Waals surface area contributed by atoms with Crippen molar-refractivity contribution in [1.29, 1.82) is 0 Å². The third-order valence-electron chi connectivity index (χ3n) is 3.94. The summed E-state index contributed by atoms with van der Waals surface area (Å²) in [6.45, 7) is 1.39. The van der Waals surface area contributed by atoms with Crippen molar-refractivity contribution in [3.05, 3.63) is 29.8 Å². The Kier molecular flexibility index (Phi) is 2.98. The molecule has 2 unspecified atom stereocenters. The monoisotopic (exact) mass is 259 g/mol. The van der Waals surface area contributed by atoms with Crippen molar-refractivity contribution in [3.63, 3.8) is 0 Å². The maximum absolute atomic E-state index is 11.8. The number of imide groups is 1. The van der Waals surface area contributed by atoms with Gasteiger partial charge in [-0.2, -0.15) is 0 Å². The Morgan fingerprint density at radius 2 is 2.11 bits per heavy atom. The molecule has 0 spiro atoms. The van der Waals surface area contributed by atoms with Gasteiger partial charge in [0.15, 0.2) is 0 Å². The highest BCUT2D eigenvalue weighted by Crippen LogP contribution is 2.39. The number of rotatable bonds is 3. The Labute approximate surface area is 111 Å². The van der Waals surface area contributed by atoms with Crippen molar-refractivity contribution >= 4 is 17.5 Å². The van der Waals surface area contributed by atoms with E-state index in [9.17, 15) is 9.59 Å². The molecule has 0 saturated carbocycles. The van der Waals surface area contributed by atoms with Crippen molar-refractivity contribution in [3.8, 4) is 0 Å². The van der Waals surface area contributed by atoms with Crippen molar-refractivity contribution < 1.29 is 9.59 Å². The van der Waals surface area contributed by atoms with Gasteiger partial charge in [-0.3, -0.25) is 14.9 Å². The molecule has 3 rings (SSSR count). The molecule has 100 valence electrons. The topological polar surface area (TPSA) is 75.4 Å². The molecule has 0 bridgehead atoms. The molecule has 1 saturated heterocycles. The van der Waals surface area contributed by atoms with Gasteiger partial charge in [0, 0.05) is 18.2 Å². The van der Waals surface area contributed by atoms with Gasteiger partial charge < -0.3 is 10.6 Å². The van der Waals surface area contributed by atoms with Crippen LogP contribution in [0.3, 0.4) is 0 Å². The molecular weight excluding hydrogens is 242 g/mol. The zero-order chi connectivity index (χ0) is 13.4. The second kappa shape index (κ2) is 4.66. The van der Waals surface area contributed by atoms with Crippen molar-refractivity contribution in [1.82, 2.24) is 5.32 Å². The van der Waals surface area contributed by atoms with Gasteiger partial charge in [-0.25, -0.2) is 0 Å². The number of para-hydroxylation sites is 1. The van der Waals surface area contributed by atoms with E-state index in [2.05, 4.69) is 16.3 Å². The second-order valence-corrected chi connectivity index (χ2v) is 5.12. The number of anilines is 1. The summed E-state index contributed by atoms with van der Waals surface area (Å²) in [5, 5.41) is 2.38. The molecule has 0 aromatic heterocycles. The van der Waals surface area contributed by atoms with Gasteiger partial charge in [0.1, 0.15) is 6.04 Å². The van der Waals surface area contributed by atoms with Crippen LogP contribution in [0.25, 0.3) is 0 Å². The van der Waals surface area contributed by atoms with E-state index in [1.807, 2.05) is 18.2 Å². The Morgan fingerprint density at radius 1 is 1.32 bits per heavy atom. The van der Waals surface area contributed by atoms with Crippen LogP contribution in [-0.2, 0) is 9.59 Å². The largest absolute Gasteiger partial charge is 0.358 e. The first-order valence-corrected chi connectivity index (χ1v) is 6.60. The van der Waals surface area contributed by atoms with Gasteiger partial charge in [-0.1, -0.05) is 18.2 Å².